The number of carbonyl (C=O) groups excluding carboxylic acids is 2. The van der Waals surface area contributed by atoms with Crippen LogP contribution in [0, 0.1) is 0 Å². The molecule has 1 heterocycles. The summed E-state index contributed by atoms with van der Waals surface area (Å²) in [5.74, 6) is 0.196. The van der Waals surface area contributed by atoms with Crippen molar-refractivity contribution in [2.75, 3.05) is 12.3 Å². The first-order valence-corrected chi connectivity index (χ1v) is 7.61. The van der Waals surface area contributed by atoms with Crippen molar-refractivity contribution < 1.29 is 14.3 Å². The molecule has 3 N–H and O–H groups in total. The van der Waals surface area contributed by atoms with E-state index in [0.717, 1.165) is 30.6 Å². The van der Waals surface area contributed by atoms with Crippen LogP contribution in [0.1, 0.15) is 39.1 Å². The Hall–Kier alpha value is -2.82. The summed E-state index contributed by atoms with van der Waals surface area (Å²) in [6.07, 6.45) is 2.49. The third kappa shape index (κ3) is 3.34. The number of fused-ring (bicyclic) bond motifs is 1. The lowest BCUT2D eigenvalue weighted by Crippen LogP contribution is -2.20. The number of nitrogen functional groups attached to an aromatic ring is 1. The van der Waals surface area contributed by atoms with Crippen LogP contribution in [0.25, 0.3) is 0 Å². The van der Waals surface area contributed by atoms with E-state index in [9.17, 15) is 9.59 Å². The average Bonchev–Trinajstić information content (AvgIpc) is 2.84. The van der Waals surface area contributed by atoms with Gasteiger partial charge >= 0.3 is 0 Å². The zero-order valence-electron chi connectivity index (χ0n) is 12.7. The summed E-state index contributed by atoms with van der Waals surface area (Å²) < 4.78 is 5.64. The highest BCUT2D eigenvalue weighted by molar-refractivity contribution is 6.22. The highest BCUT2D eigenvalue weighted by Crippen LogP contribution is 2.21. The molecule has 1 aliphatic heterocycles. The maximum atomic E-state index is 11.8. The van der Waals surface area contributed by atoms with Crippen molar-refractivity contribution in [1.82, 2.24) is 5.32 Å². The fraction of sp³-hybridized carbons (Fsp3) is 0.222. The molecule has 0 fully saturated rings. The second-order valence-corrected chi connectivity index (χ2v) is 5.50. The van der Waals surface area contributed by atoms with Crippen LogP contribution in [0.2, 0.25) is 0 Å². The van der Waals surface area contributed by atoms with E-state index in [1.54, 1.807) is 18.2 Å². The molecule has 1 aliphatic rings. The van der Waals surface area contributed by atoms with Crippen LogP contribution in [0.15, 0.2) is 42.5 Å². The van der Waals surface area contributed by atoms with Gasteiger partial charge in [-0.2, -0.15) is 0 Å². The molecule has 5 heteroatoms. The number of imide groups is 1. The summed E-state index contributed by atoms with van der Waals surface area (Å²) in [5.41, 5.74) is 8.25. The predicted octanol–water partition coefficient (Wildman–Crippen LogP) is 2.55. The summed E-state index contributed by atoms with van der Waals surface area (Å²) >= 11 is 0. The molecule has 0 saturated heterocycles. The molecule has 2 amide bonds. The molecule has 0 spiro atoms. The Balaban J connectivity index is 1.51. The van der Waals surface area contributed by atoms with E-state index in [4.69, 9.17) is 10.5 Å². The van der Waals surface area contributed by atoms with Crippen LogP contribution < -0.4 is 15.8 Å². The summed E-state index contributed by atoms with van der Waals surface area (Å²) in [7, 11) is 0. The lowest BCUT2D eigenvalue weighted by Gasteiger charge is -2.08. The number of ether oxygens (including phenoxy) is 1. The summed E-state index contributed by atoms with van der Waals surface area (Å²) in [4.78, 5) is 23.5. The normalized spacial score (nSPS) is 12.9. The molecular weight excluding hydrogens is 292 g/mol. The number of amides is 2. The Morgan fingerprint density at radius 1 is 0.957 bits per heavy atom. The number of nitrogens with two attached hydrogens (primary N) is 1. The molecule has 0 saturated carbocycles. The Labute approximate surface area is 134 Å². The smallest absolute Gasteiger partial charge is 0.259 e. The molecule has 2 aromatic rings. The van der Waals surface area contributed by atoms with Crippen LogP contribution >= 0.6 is 0 Å². The van der Waals surface area contributed by atoms with Gasteiger partial charge in [-0.25, -0.2) is 0 Å². The molecule has 5 nitrogen and oxygen atoms in total. The van der Waals surface area contributed by atoms with Crippen molar-refractivity contribution in [2.24, 2.45) is 0 Å². The first-order valence-electron chi connectivity index (χ1n) is 7.61. The van der Waals surface area contributed by atoms with Gasteiger partial charge in [0.2, 0.25) is 0 Å². The SMILES string of the molecule is Nc1ccc(OCCCCc2cccc3c2C(=O)NC3=O)cc1. The van der Waals surface area contributed by atoms with Gasteiger partial charge in [-0.15, -0.1) is 0 Å². The number of aryl methyl sites for hydroxylation is 1. The van der Waals surface area contributed by atoms with Crippen LogP contribution in [0.4, 0.5) is 5.69 Å². The number of unbranched alkanes of at least 4 members (excludes halogenated alkanes) is 1. The zero-order valence-corrected chi connectivity index (χ0v) is 12.7. The van der Waals surface area contributed by atoms with Crippen molar-refractivity contribution in [3.05, 3.63) is 59.2 Å². The van der Waals surface area contributed by atoms with E-state index in [1.807, 2.05) is 24.3 Å². The van der Waals surface area contributed by atoms with Crippen LogP contribution in [-0.2, 0) is 6.42 Å². The van der Waals surface area contributed by atoms with E-state index < -0.39 is 0 Å². The molecule has 118 valence electrons. The van der Waals surface area contributed by atoms with E-state index >= 15 is 0 Å². The Morgan fingerprint density at radius 3 is 2.52 bits per heavy atom. The van der Waals surface area contributed by atoms with Crippen molar-refractivity contribution in [1.29, 1.82) is 0 Å². The third-order valence-corrected chi connectivity index (χ3v) is 3.84. The molecule has 0 atom stereocenters. The number of carbonyl (C=O) groups is 2. The van der Waals surface area contributed by atoms with Gasteiger partial charge in [0, 0.05) is 5.69 Å². The Bertz CT molecular complexity index is 738. The first-order chi connectivity index (χ1) is 11.1. The minimum atomic E-state index is -0.307. The van der Waals surface area contributed by atoms with Gasteiger partial charge in [-0.05, 0) is 55.2 Å². The fourth-order valence-corrected chi connectivity index (χ4v) is 2.67. The minimum absolute atomic E-state index is 0.293. The van der Waals surface area contributed by atoms with Crippen molar-refractivity contribution in [3.8, 4) is 5.75 Å². The fourth-order valence-electron chi connectivity index (χ4n) is 2.67. The second-order valence-electron chi connectivity index (χ2n) is 5.50. The zero-order chi connectivity index (χ0) is 16.2. The number of nitrogens with one attached hydrogen (secondary N) is 1. The molecule has 23 heavy (non-hydrogen) atoms. The van der Waals surface area contributed by atoms with Gasteiger partial charge in [0.25, 0.3) is 11.8 Å². The van der Waals surface area contributed by atoms with Crippen LogP contribution in [0.3, 0.4) is 0 Å². The van der Waals surface area contributed by atoms with Gasteiger partial charge in [0.1, 0.15) is 5.75 Å². The van der Waals surface area contributed by atoms with Crippen molar-refractivity contribution >= 4 is 17.5 Å². The molecular formula is C18H18N2O3. The maximum absolute atomic E-state index is 11.8. The molecule has 0 aromatic heterocycles. The van der Waals surface area contributed by atoms with E-state index in [-0.39, 0.29) is 11.8 Å². The molecule has 0 aliphatic carbocycles. The van der Waals surface area contributed by atoms with Crippen LogP contribution in [0.5, 0.6) is 5.75 Å². The minimum Gasteiger partial charge on any atom is -0.494 e. The topological polar surface area (TPSA) is 81.4 Å². The summed E-state index contributed by atoms with van der Waals surface area (Å²) in [5, 5.41) is 2.34. The molecule has 0 bridgehead atoms. The Morgan fingerprint density at radius 2 is 1.74 bits per heavy atom. The largest absolute Gasteiger partial charge is 0.494 e. The third-order valence-electron chi connectivity index (χ3n) is 3.84. The number of benzene rings is 2. The highest BCUT2D eigenvalue weighted by atomic mass is 16.5. The number of anilines is 1. The van der Waals surface area contributed by atoms with Crippen molar-refractivity contribution in [3.63, 3.8) is 0 Å². The molecule has 0 unspecified atom stereocenters. The number of rotatable bonds is 6. The number of hydrogen-bond acceptors (Lipinski definition) is 4. The summed E-state index contributed by atoms with van der Waals surface area (Å²) in [6.45, 7) is 0.601. The van der Waals surface area contributed by atoms with Gasteiger partial charge < -0.3 is 10.5 Å². The monoisotopic (exact) mass is 310 g/mol. The number of hydrogen-bond donors (Lipinski definition) is 2. The van der Waals surface area contributed by atoms with E-state index in [0.29, 0.717) is 23.4 Å². The lowest BCUT2D eigenvalue weighted by atomic mass is 9.98. The maximum Gasteiger partial charge on any atom is 0.259 e. The van der Waals surface area contributed by atoms with E-state index in [2.05, 4.69) is 5.32 Å². The van der Waals surface area contributed by atoms with Gasteiger partial charge in [0.15, 0.2) is 0 Å². The summed E-state index contributed by atoms with van der Waals surface area (Å²) in [6, 6.07) is 12.7. The quantitative estimate of drug-likeness (QED) is 0.488. The van der Waals surface area contributed by atoms with Gasteiger partial charge in [0.05, 0.1) is 17.7 Å². The Kier molecular flexibility index (Phi) is 4.28. The average molecular weight is 310 g/mol. The van der Waals surface area contributed by atoms with Crippen molar-refractivity contribution in [2.45, 2.75) is 19.3 Å². The molecule has 3 rings (SSSR count). The standard InChI is InChI=1S/C18H18N2O3/c19-13-7-9-14(10-8-13)23-11-2-1-4-12-5-3-6-15-16(12)18(22)20-17(15)21/h3,5-10H,1-2,4,11,19H2,(H,20,21,22). The van der Waals surface area contributed by atoms with Gasteiger partial charge in [-0.3, -0.25) is 14.9 Å². The molecule has 2 aromatic carbocycles. The van der Waals surface area contributed by atoms with Gasteiger partial charge in [-0.1, -0.05) is 12.1 Å². The molecule has 0 radical (unpaired) electrons. The lowest BCUT2D eigenvalue weighted by molar-refractivity contribution is 0.0879. The van der Waals surface area contributed by atoms with Crippen LogP contribution in [-0.4, -0.2) is 18.4 Å². The second kappa shape index (κ2) is 6.52. The van der Waals surface area contributed by atoms with E-state index in [1.165, 1.54) is 0 Å². The first kappa shape index (κ1) is 15.1. The highest BCUT2D eigenvalue weighted by Gasteiger charge is 2.28. The predicted molar refractivity (Wildman–Crippen MR) is 87.5 cm³/mol.